The first-order valence-electron chi connectivity index (χ1n) is 5.53. The number of ether oxygens (including phenoxy) is 1. The molecule has 1 aliphatic heterocycles. The summed E-state index contributed by atoms with van der Waals surface area (Å²) < 4.78 is 5.97. The van der Waals surface area contributed by atoms with Crippen LogP contribution in [0.5, 0.6) is 5.75 Å². The van der Waals surface area contributed by atoms with Gasteiger partial charge in [-0.15, -0.1) is 0 Å². The van der Waals surface area contributed by atoms with Crippen LogP contribution in [-0.2, 0) is 12.8 Å². The summed E-state index contributed by atoms with van der Waals surface area (Å²) in [5.41, 5.74) is 8.33. The largest absolute Gasteiger partial charge is 0.487 e. The highest BCUT2D eigenvalue weighted by molar-refractivity contribution is 5.46. The minimum absolute atomic E-state index is 0.0593. The van der Waals surface area contributed by atoms with Crippen molar-refractivity contribution in [2.45, 2.75) is 45.3 Å². The molecule has 0 fully saturated rings. The minimum Gasteiger partial charge on any atom is -0.487 e. The second-order valence-electron chi connectivity index (χ2n) is 5.13. The molecule has 0 aliphatic carbocycles. The molecule has 2 N–H and O–H groups in total. The molecule has 0 saturated carbocycles. The van der Waals surface area contributed by atoms with Gasteiger partial charge in [-0.2, -0.15) is 0 Å². The van der Waals surface area contributed by atoms with Crippen molar-refractivity contribution in [1.82, 2.24) is 0 Å². The first-order valence-corrected chi connectivity index (χ1v) is 5.53. The van der Waals surface area contributed by atoms with Gasteiger partial charge in [0.25, 0.3) is 0 Å². The zero-order valence-corrected chi connectivity index (χ0v) is 9.71. The minimum atomic E-state index is -0.0593. The van der Waals surface area contributed by atoms with Gasteiger partial charge in [0, 0.05) is 12.5 Å². The predicted molar refractivity (Wildman–Crippen MR) is 62.2 cm³/mol. The lowest BCUT2D eigenvalue weighted by Gasteiger charge is -2.18. The Balaban J connectivity index is 2.33. The second kappa shape index (κ2) is 3.53. The van der Waals surface area contributed by atoms with E-state index in [1.807, 2.05) is 6.92 Å². The van der Waals surface area contributed by atoms with Crippen LogP contribution in [0.3, 0.4) is 0 Å². The van der Waals surface area contributed by atoms with Crippen LogP contribution in [-0.4, -0.2) is 11.6 Å². The molecule has 2 rings (SSSR count). The van der Waals surface area contributed by atoms with E-state index in [2.05, 4.69) is 32.0 Å². The molecule has 2 heteroatoms. The highest BCUT2D eigenvalue weighted by atomic mass is 16.5. The summed E-state index contributed by atoms with van der Waals surface area (Å²) in [7, 11) is 0. The molecular formula is C13H19NO. The van der Waals surface area contributed by atoms with E-state index in [1.54, 1.807) is 0 Å². The van der Waals surface area contributed by atoms with Crippen molar-refractivity contribution in [2.75, 3.05) is 0 Å². The first-order chi connectivity index (χ1) is 6.98. The Morgan fingerprint density at radius 1 is 1.47 bits per heavy atom. The zero-order chi connectivity index (χ0) is 11.1. The number of benzene rings is 1. The Hall–Kier alpha value is -1.02. The molecule has 0 bridgehead atoms. The molecule has 1 aliphatic rings. The Bertz CT molecular complexity index is 369. The zero-order valence-electron chi connectivity index (χ0n) is 9.71. The van der Waals surface area contributed by atoms with Gasteiger partial charge in [0.1, 0.15) is 11.4 Å². The molecule has 15 heavy (non-hydrogen) atoms. The molecule has 0 saturated heterocycles. The number of fused-ring (bicyclic) bond motifs is 1. The summed E-state index contributed by atoms with van der Waals surface area (Å²) in [5, 5.41) is 0. The summed E-state index contributed by atoms with van der Waals surface area (Å²) in [4.78, 5) is 0. The van der Waals surface area contributed by atoms with Crippen molar-refractivity contribution < 1.29 is 4.74 Å². The normalized spacial score (nSPS) is 19.5. The lowest BCUT2D eigenvalue weighted by molar-refractivity contribution is 0.137. The molecule has 1 atom stereocenters. The summed E-state index contributed by atoms with van der Waals surface area (Å²) in [6.45, 7) is 6.28. The SMILES string of the molecule is CC(N)Cc1cccc2c1OC(C)(C)C2. The van der Waals surface area contributed by atoms with Crippen molar-refractivity contribution in [3.05, 3.63) is 29.3 Å². The molecule has 1 unspecified atom stereocenters. The van der Waals surface area contributed by atoms with E-state index < -0.39 is 0 Å². The fraction of sp³-hybridized carbons (Fsp3) is 0.538. The van der Waals surface area contributed by atoms with Crippen LogP contribution in [0.4, 0.5) is 0 Å². The van der Waals surface area contributed by atoms with E-state index in [0.29, 0.717) is 0 Å². The highest BCUT2D eigenvalue weighted by Gasteiger charge is 2.31. The van der Waals surface area contributed by atoms with E-state index in [1.165, 1.54) is 11.1 Å². The van der Waals surface area contributed by atoms with Crippen LogP contribution in [0.25, 0.3) is 0 Å². The van der Waals surface area contributed by atoms with Gasteiger partial charge in [-0.1, -0.05) is 18.2 Å². The van der Waals surface area contributed by atoms with Crippen LogP contribution < -0.4 is 10.5 Å². The van der Waals surface area contributed by atoms with E-state index in [-0.39, 0.29) is 11.6 Å². The van der Waals surface area contributed by atoms with E-state index in [9.17, 15) is 0 Å². The average Bonchev–Trinajstić information content (AvgIpc) is 2.39. The third kappa shape index (κ3) is 2.15. The Kier molecular flexibility index (Phi) is 2.47. The summed E-state index contributed by atoms with van der Waals surface area (Å²) in [6.07, 6.45) is 1.88. The highest BCUT2D eigenvalue weighted by Crippen LogP contribution is 2.37. The van der Waals surface area contributed by atoms with Crippen molar-refractivity contribution in [1.29, 1.82) is 0 Å². The summed E-state index contributed by atoms with van der Waals surface area (Å²) >= 11 is 0. The topological polar surface area (TPSA) is 35.2 Å². The van der Waals surface area contributed by atoms with Crippen LogP contribution in [0.2, 0.25) is 0 Å². The molecule has 82 valence electrons. The number of para-hydroxylation sites is 1. The molecule has 0 radical (unpaired) electrons. The Morgan fingerprint density at radius 2 is 2.20 bits per heavy atom. The monoisotopic (exact) mass is 205 g/mol. The first kappa shape index (κ1) is 10.5. The van der Waals surface area contributed by atoms with Crippen LogP contribution in [0.15, 0.2) is 18.2 Å². The molecule has 0 spiro atoms. The molecule has 1 heterocycles. The van der Waals surface area contributed by atoms with Crippen molar-refractivity contribution in [2.24, 2.45) is 5.73 Å². The molecule has 2 nitrogen and oxygen atoms in total. The number of hydrogen-bond donors (Lipinski definition) is 1. The second-order valence-corrected chi connectivity index (χ2v) is 5.13. The maximum Gasteiger partial charge on any atom is 0.126 e. The summed E-state index contributed by atoms with van der Waals surface area (Å²) in [6, 6.07) is 6.54. The maximum atomic E-state index is 5.97. The Labute approximate surface area is 91.4 Å². The molecule has 0 aromatic heterocycles. The third-order valence-electron chi connectivity index (χ3n) is 2.71. The van der Waals surface area contributed by atoms with E-state index >= 15 is 0 Å². The van der Waals surface area contributed by atoms with Crippen molar-refractivity contribution in [3.8, 4) is 5.75 Å². The maximum absolute atomic E-state index is 5.97. The van der Waals surface area contributed by atoms with E-state index in [4.69, 9.17) is 10.5 Å². The molecule has 1 aromatic rings. The van der Waals surface area contributed by atoms with Gasteiger partial charge >= 0.3 is 0 Å². The van der Waals surface area contributed by atoms with Gasteiger partial charge < -0.3 is 10.5 Å². The molecule has 1 aromatic carbocycles. The van der Waals surface area contributed by atoms with Gasteiger partial charge in [0.05, 0.1) is 0 Å². The third-order valence-corrected chi connectivity index (χ3v) is 2.71. The average molecular weight is 205 g/mol. The Morgan fingerprint density at radius 3 is 2.87 bits per heavy atom. The van der Waals surface area contributed by atoms with Crippen molar-refractivity contribution >= 4 is 0 Å². The van der Waals surface area contributed by atoms with Gasteiger partial charge in [0.15, 0.2) is 0 Å². The summed E-state index contributed by atoms with van der Waals surface area (Å²) in [5.74, 6) is 1.07. The lowest BCUT2D eigenvalue weighted by Crippen LogP contribution is -2.25. The standard InChI is InChI=1S/C13H19NO/c1-9(14)7-10-5-4-6-11-8-13(2,3)15-12(10)11/h4-6,9H,7-8,14H2,1-3H3. The predicted octanol–water partition coefficient (Wildman–Crippen LogP) is 2.29. The molecule has 0 amide bonds. The van der Waals surface area contributed by atoms with E-state index in [0.717, 1.165) is 18.6 Å². The van der Waals surface area contributed by atoms with Crippen LogP contribution >= 0.6 is 0 Å². The van der Waals surface area contributed by atoms with Crippen LogP contribution in [0.1, 0.15) is 31.9 Å². The number of rotatable bonds is 2. The fourth-order valence-corrected chi connectivity index (χ4v) is 2.19. The van der Waals surface area contributed by atoms with Gasteiger partial charge in [0.2, 0.25) is 0 Å². The lowest BCUT2D eigenvalue weighted by atomic mass is 9.99. The van der Waals surface area contributed by atoms with Gasteiger partial charge in [-0.25, -0.2) is 0 Å². The number of hydrogen-bond acceptors (Lipinski definition) is 2. The smallest absolute Gasteiger partial charge is 0.126 e. The fourth-order valence-electron chi connectivity index (χ4n) is 2.19. The molecular weight excluding hydrogens is 186 g/mol. The quantitative estimate of drug-likeness (QED) is 0.804. The van der Waals surface area contributed by atoms with Gasteiger partial charge in [-0.3, -0.25) is 0 Å². The van der Waals surface area contributed by atoms with Crippen molar-refractivity contribution in [3.63, 3.8) is 0 Å². The van der Waals surface area contributed by atoms with Crippen LogP contribution in [0, 0.1) is 0 Å². The number of nitrogens with two attached hydrogens (primary N) is 1. The van der Waals surface area contributed by atoms with Gasteiger partial charge in [-0.05, 0) is 38.3 Å².